The Hall–Kier alpha value is -4.31. The van der Waals surface area contributed by atoms with E-state index in [9.17, 15) is 0 Å². The number of benzene rings is 1. The highest BCUT2D eigenvalue weighted by molar-refractivity contribution is 6.32. The molecule has 0 saturated heterocycles. The molecule has 6 rings (SSSR count). The fourth-order valence-electron chi connectivity index (χ4n) is 3.92. The third kappa shape index (κ3) is 3.63. The van der Waals surface area contributed by atoms with Crippen LogP contribution < -0.4 is 15.5 Å². The monoisotopic (exact) mass is 473 g/mol. The van der Waals surface area contributed by atoms with E-state index in [1.54, 1.807) is 23.1 Å². The summed E-state index contributed by atoms with van der Waals surface area (Å²) >= 11 is 6.20. The zero-order chi connectivity index (χ0) is 23.1. The number of amidine groups is 1. The molecule has 2 N–H and O–H groups in total. The quantitative estimate of drug-likeness (QED) is 0.439. The number of anilines is 2. The van der Waals surface area contributed by atoms with Gasteiger partial charge in [0, 0.05) is 43.5 Å². The molecular weight excluding hydrogens is 454 g/mol. The molecule has 0 fully saturated rings. The number of ether oxygens (including phenoxy) is 1. The van der Waals surface area contributed by atoms with Crippen LogP contribution in [0.5, 0.6) is 5.75 Å². The molecule has 34 heavy (non-hydrogen) atoms. The Labute approximate surface area is 200 Å². The van der Waals surface area contributed by atoms with Crippen LogP contribution in [0.25, 0.3) is 17.5 Å². The molecule has 0 amide bonds. The Morgan fingerprint density at radius 3 is 2.91 bits per heavy atom. The maximum absolute atomic E-state index is 6.20. The summed E-state index contributed by atoms with van der Waals surface area (Å²) in [4.78, 5) is 11.1. The molecule has 2 aliphatic heterocycles. The molecule has 10 nitrogen and oxygen atoms in total. The van der Waals surface area contributed by atoms with Gasteiger partial charge in [0.15, 0.2) is 12.0 Å². The number of halogens is 1. The maximum atomic E-state index is 6.20. The zero-order valence-electron chi connectivity index (χ0n) is 18.1. The lowest BCUT2D eigenvalue weighted by Crippen LogP contribution is -2.34. The Bertz CT molecular complexity index is 1420. The Balaban J connectivity index is 1.20. The number of nitrogens with one attached hydrogen (secondary N) is 2. The second-order valence-electron chi connectivity index (χ2n) is 7.78. The summed E-state index contributed by atoms with van der Waals surface area (Å²) < 4.78 is 9.67. The van der Waals surface area contributed by atoms with Gasteiger partial charge in [0.05, 0.1) is 22.6 Å². The van der Waals surface area contributed by atoms with Crippen molar-refractivity contribution in [3.63, 3.8) is 0 Å². The highest BCUT2D eigenvalue weighted by Crippen LogP contribution is 2.33. The highest BCUT2D eigenvalue weighted by Gasteiger charge is 2.32. The SMILES string of the molecule is Cn1nccc1Nc1nccc(-c2cc3n(c2)C=CN2C(COc4ccccc4Cl)=NNC32)n1. The van der Waals surface area contributed by atoms with Gasteiger partial charge in [-0.3, -0.25) is 10.1 Å². The standard InChI is InChI=1S/C23H20ClN9O/c1-31-20(7-9-26-31)28-23-25-8-6-17(27-23)15-12-18-22-30-29-21(33(22)11-10-32(18)13-15)14-34-19-5-3-2-4-16(19)24/h2-13,22,30H,14H2,1H3,(H,25,27,28). The summed E-state index contributed by atoms with van der Waals surface area (Å²) in [7, 11) is 1.86. The van der Waals surface area contributed by atoms with Crippen LogP contribution in [0.2, 0.25) is 5.02 Å². The van der Waals surface area contributed by atoms with E-state index in [0.29, 0.717) is 23.3 Å². The Morgan fingerprint density at radius 1 is 1.15 bits per heavy atom. The predicted molar refractivity (Wildman–Crippen MR) is 129 cm³/mol. The number of hydrogen-bond donors (Lipinski definition) is 2. The van der Waals surface area contributed by atoms with Gasteiger partial charge in [-0.05, 0) is 24.3 Å². The van der Waals surface area contributed by atoms with E-state index >= 15 is 0 Å². The van der Waals surface area contributed by atoms with Crippen molar-refractivity contribution in [2.24, 2.45) is 12.1 Å². The van der Waals surface area contributed by atoms with Crippen LogP contribution in [0.1, 0.15) is 11.9 Å². The van der Waals surface area contributed by atoms with Gasteiger partial charge in [0.1, 0.15) is 18.2 Å². The predicted octanol–water partition coefficient (Wildman–Crippen LogP) is 3.81. The fourth-order valence-corrected chi connectivity index (χ4v) is 4.11. The van der Waals surface area contributed by atoms with Gasteiger partial charge >= 0.3 is 0 Å². The number of hydrazone groups is 1. The van der Waals surface area contributed by atoms with E-state index < -0.39 is 0 Å². The number of fused-ring (bicyclic) bond motifs is 3. The first-order valence-electron chi connectivity index (χ1n) is 10.6. The molecule has 3 aromatic heterocycles. The summed E-state index contributed by atoms with van der Waals surface area (Å²) in [5.41, 5.74) is 6.02. The molecule has 0 bridgehead atoms. The Kier molecular flexibility index (Phi) is 4.92. The van der Waals surface area contributed by atoms with E-state index in [2.05, 4.69) is 41.5 Å². The van der Waals surface area contributed by atoms with Crippen LogP contribution in [-0.2, 0) is 7.05 Å². The van der Waals surface area contributed by atoms with E-state index in [1.807, 2.05) is 60.9 Å². The molecule has 0 saturated carbocycles. The number of nitrogens with zero attached hydrogens (tertiary/aromatic N) is 7. The van der Waals surface area contributed by atoms with Crippen molar-refractivity contribution in [2.75, 3.05) is 11.9 Å². The molecule has 4 aromatic rings. The zero-order valence-corrected chi connectivity index (χ0v) is 18.9. The smallest absolute Gasteiger partial charge is 0.228 e. The third-order valence-corrected chi connectivity index (χ3v) is 5.96. The van der Waals surface area contributed by atoms with Gasteiger partial charge in [-0.15, -0.1) is 0 Å². The van der Waals surface area contributed by atoms with Crippen LogP contribution in [0.3, 0.4) is 0 Å². The van der Waals surface area contributed by atoms with Crippen molar-refractivity contribution in [1.29, 1.82) is 0 Å². The van der Waals surface area contributed by atoms with Crippen LogP contribution in [0.15, 0.2) is 72.4 Å². The van der Waals surface area contributed by atoms with Gasteiger partial charge in [-0.2, -0.15) is 10.2 Å². The lowest BCUT2D eigenvalue weighted by Gasteiger charge is -2.27. The molecule has 11 heteroatoms. The first kappa shape index (κ1) is 20.3. The summed E-state index contributed by atoms with van der Waals surface area (Å²) in [6, 6.07) is 13.2. The maximum Gasteiger partial charge on any atom is 0.228 e. The van der Waals surface area contributed by atoms with Crippen molar-refractivity contribution >= 4 is 35.4 Å². The van der Waals surface area contributed by atoms with Crippen LogP contribution >= 0.6 is 11.6 Å². The minimum atomic E-state index is -0.141. The minimum absolute atomic E-state index is 0.141. The number of hydrogen-bond acceptors (Lipinski definition) is 8. The molecule has 0 spiro atoms. The molecular formula is C23H20ClN9O. The average Bonchev–Trinajstić information content (AvgIpc) is 3.57. The largest absolute Gasteiger partial charge is 0.484 e. The van der Waals surface area contributed by atoms with E-state index in [0.717, 1.165) is 28.6 Å². The summed E-state index contributed by atoms with van der Waals surface area (Å²) in [5, 5.41) is 12.4. The van der Waals surface area contributed by atoms with E-state index in [-0.39, 0.29) is 6.17 Å². The lowest BCUT2D eigenvalue weighted by atomic mass is 10.2. The summed E-state index contributed by atoms with van der Waals surface area (Å²) in [5.74, 6) is 2.70. The van der Waals surface area contributed by atoms with Crippen molar-refractivity contribution < 1.29 is 4.74 Å². The average molecular weight is 474 g/mol. The number of rotatable bonds is 6. The number of para-hydroxylation sites is 1. The van der Waals surface area contributed by atoms with Crippen LogP contribution in [-0.4, -0.2) is 41.7 Å². The molecule has 170 valence electrons. The Morgan fingerprint density at radius 2 is 2.06 bits per heavy atom. The van der Waals surface area contributed by atoms with Gasteiger partial charge in [0.2, 0.25) is 5.95 Å². The van der Waals surface area contributed by atoms with Crippen LogP contribution in [0.4, 0.5) is 11.8 Å². The number of aryl methyl sites for hydroxylation is 1. The minimum Gasteiger partial charge on any atom is -0.484 e. The number of aromatic nitrogens is 5. The first-order chi connectivity index (χ1) is 16.7. The van der Waals surface area contributed by atoms with Gasteiger partial charge < -0.3 is 19.5 Å². The van der Waals surface area contributed by atoms with E-state index in [1.165, 1.54) is 0 Å². The topological polar surface area (TPSA) is 97.4 Å². The van der Waals surface area contributed by atoms with Crippen LogP contribution in [0, 0.1) is 0 Å². The first-order valence-corrected chi connectivity index (χ1v) is 11.0. The normalized spacial score (nSPS) is 16.0. The molecule has 0 radical (unpaired) electrons. The lowest BCUT2D eigenvalue weighted by molar-refractivity contribution is 0.331. The van der Waals surface area contributed by atoms with Crippen molar-refractivity contribution in [3.05, 3.63) is 78.0 Å². The summed E-state index contributed by atoms with van der Waals surface area (Å²) in [6.45, 7) is 0.292. The van der Waals surface area contributed by atoms with Crippen molar-refractivity contribution in [3.8, 4) is 17.0 Å². The summed E-state index contributed by atoms with van der Waals surface area (Å²) in [6.07, 6.45) is 9.32. The molecule has 1 atom stereocenters. The molecule has 5 heterocycles. The molecule has 1 unspecified atom stereocenters. The van der Waals surface area contributed by atoms with Gasteiger partial charge in [-0.25, -0.2) is 9.97 Å². The van der Waals surface area contributed by atoms with Crippen molar-refractivity contribution in [2.45, 2.75) is 6.17 Å². The second-order valence-corrected chi connectivity index (χ2v) is 8.18. The van der Waals surface area contributed by atoms with Gasteiger partial charge in [-0.1, -0.05) is 23.7 Å². The molecule has 0 aliphatic carbocycles. The molecule has 1 aromatic carbocycles. The second kappa shape index (κ2) is 8.23. The molecule has 2 aliphatic rings. The fraction of sp³-hybridized carbons (Fsp3) is 0.130. The third-order valence-electron chi connectivity index (χ3n) is 5.65. The highest BCUT2D eigenvalue weighted by atomic mass is 35.5. The van der Waals surface area contributed by atoms with Gasteiger partial charge in [0.25, 0.3) is 0 Å². The van der Waals surface area contributed by atoms with Crippen molar-refractivity contribution in [1.82, 2.24) is 34.6 Å². The van der Waals surface area contributed by atoms with E-state index in [4.69, 9.17) is 16.3 Å².